The maximum atomic E-state index is 6.40. The highest BCUT2D eigenvalue weighted by Crippen LogP contribution is 2.28. The molecule has 0 saturated heterocycles. The third-order valence-corrected chi connectivity index (χ3v) is 4.66. The molecule has 3 aromatic rings. The van der Waals surface area contributed by atoms with Crippen molar-refractivity contribution < 1.29 is 9.57 Å². The Morgan fingerprint density at radius 2 is 1.19 bits per heavy atom. The van der Waals surface area contributed by atoms with Crippen LogP contribution in [-0.4, -0.2) is 19.3 Å². The van der Waals surface area contributed by atoms with Gasteiger partial charge in [0, 0.05) is 33.0 Å². The van der Waals surface area contributed by atoms with Crippen LogP contribution in [0.15, 0.2) is 91.0 Å². The number of para-hydroxylation sites is 1. The number of ether oxygens (including phenoxy) is 1. The lowest BCUT2D eigenvalue weighted by Crippen LogP contribution is -2.41. The van der Waals surface area contributed by atoms with Crippen molar-refractivity contribution in [2.24, 2.45) is 0 Å². The largest absolute Gasteiger partial charge is 0.385 e. The molecule has 0 bridgehead atoms. The Labute approximate surface area is 161 Å². The molecule has 0 aliphatic heterocycles. The first-order valence-corrected chi connectivity index (χ1v) is 9.35. The molecule has 0 saturated carbocycles. The molecular formula is C24H27NO2. The molecule has 0 spiro atoms. The predicted octanol–water partition coefficient (Wildman–Crippen LogP) is 5.29. The molecule has 27 heavy (non-hydrogen) atoms. The molecule has 0 aliphatic carbocycles. The molecule has 0 heterocycles. The molecule has 0 atom stereocenters. The minimum absolute atomic E-state index is 0.422. The van der Waals surface area contributed by atoms with Crippen LogP contribution in [0.1, 0.15) is 17.5 Å². The molecule has 0 unspecified atom stereocenters. The summed E-state index contributed by atoms with van der Waals surface area (Å²) < 4.78 is 5.42. The summed E-state index contributed by atoms with van der Waals surface area (Å²) >= 11 is 0. The first-order valence-electron chi connectivity index (χ1n) is 9.35. The Morgan fingerprint density at radius 3 is 1.67 bits per heavy atom. The van der Waals surface area contributed by atoms with Gasteiger partial charge in [-0.1, -0.05) is 78.9 Å². The monoisotopic (exact) mass is 361 g/mol. The van der Waals surface area contributed by atoms with Gasteiger partial charge in [-0.25, -0.2) is 0 Å². The molecule has 140 valence electrons. The van der Waals surface area contributed by atoms with Gasteiger partial charge in [0.1, 0.15) is 5.60 Å². The SMILES string of the molecule is COCCC(Cc1ccccc1)(Cc1ccccc1)ONc1ccccc1. The van der Waals surface area contributed by atoms with E-state index in [9.17, 15) is 0 Å². The highest BCUT2D eigenvalue weighted by molar-refractivity contribution is 5.40. The lowest BCUT2D eigenvalue weighted by molar-refractivity contribution is -0.0334. The first kappa shape index (κ1) is 19.2. The summed E-state index contributed by atoms with van der Waals surface area (Å²) in [5, 5.41) is 0. The third-order valence-electron chi connectivity index (χ3n) is 4.66. The van der Waals surface area contributed by atoms with Crippen molar-refractivity contribution in [2.45, 2.75) is 24.9 Å². The second-order valence-corrected chi connectivity index (χ2v) is 6.82. The van der Waals surface area contributed by atoms with Crippen LogP contribution < -0.4 is 5.48 Å². The van der Waals surface area contributed by atoms with Crippen LogP contribution in [0.4, 0.5) is 5.69 Å². The number of benzene rings is 3. The molecule has 0 radical (unpaired) electrons. The average molecular weight is 361 g/mol. The minimum atomic E-state index is -0.422. The molecule has 3 nitrogen and oxygen atoms in total. The molecule has 0 aliphatic rings. The van der Waals surface area contributed by atoms with Gasteiger partial charge in [-0.15, -0.1) is 0 Å². The number of methoxy groups -OCH3 is 1. The molecule has 3 aromatic carbocycles. The zero-order chi connectivity index (χ0) is 18.8. The smallest absolute Gasteiger partial charge is 0.106 e. The van der Waals surface area contributed by atoms with Crippen LogP contribution in [0, 0.1) is 0 Å². The Hall–Kier alpha value is -2.62. The van der Waals surface area contributed by atoms with Crippen LogP contribution in [0.5, 0.6) is 0 Å². The van der Waals surface area contributed by atoms with Gasteiger partial charge in [0.2, 0.25) is 0 Å². The Morgan fingerprint density at radius 1 is 0.704 bits per heavy atom. The minimum Gasteiger partial charge on any atom is -0.385 e. The van der Waals surface area contributed by atoms with Crippen molar-refractivity contribution in [3.63, 3.8) is 0 Å². The van der Waals surface area contributed by atoms with Gasteiger partial charge in [0.05, 0.1) is 5.69 Å². The van der Waals surface area contributed by atoms with Gasteiger partial charge in [0.25, 0.3) is 0 Å². The van der Waals surface area contributed by atoms with Gasteiger partial charge in [-0.3, -0.25) is 10.3 Å². The predicted molar refractivity (Wildman–Crippen MR) is 111 cm³/mol. The molecule has 0 fully saturated rings. The standard InChI is InChI=1S/C24H27NO2/c1-26-18-17-24(19-21-11-5-2-6-12-21,20-22-13-7-3-8-14-22)27-25-23-15-9-4-10-16-23/h2-16,25H,17-20H2,1H3. The van der Waals surface area contributed by atoms with Crippen molar-refractivity contribution in [3.8, 4) is 0 Å². The summed E-state index contributed by atoms with van der Waals surface area (Å²) in [5.41, 5.74) is 6.20. The van der Waals surface area contributed by atoms with Gasteiger partial charge < -0.3 is 4.74 Å². The van der Waals surface area contributed by atoms with E-state index >= 15 is 0 Å². The lowest BCUT2D eigenvalue weighted by atomic mass is 9.85. The number of anilines is 1. The van der Waals surface area contributed by atoms with Crippen molar-refractivity contribution >= 4 is 5.69 Å². The molecule has 0 amide bonds. The topological polar surface area (TPSA) is 30.5 Å². The van der Waals surface area contributed by atoms with Gasteiger partial charge in [-0.05, 0) is 23.3 Å². The van der Waals surface area contributed by atoms with Crippen LogP contribution in [0.2, 0.25) is 0 Å². The molecule has 0 aromatic heterocycles. The fourth-order valence-electron chi connectivity index (χ4n) is 3.26. The second kappa shape index (κ2) is 9.91. The molecular weight excluding hydrogens is 334 g/mol. The van der Waals surface area contributed by atoms with E-state index < -0.39 is 5.60 Å². The summed E-state index contributed by atoms with van der Waals surface area (Å²) in [6, 6.07) is 31.0. The average Bonchev–Trinajstić information content (AvgIpc) is 2.73. The van der Waals surface area contributed by atoms with Crippen LogP contribution in [0.25, 0.3) is 0 Å². The summed E-state index contributed by atoms with van der Waals surface area (Å²) in [4.78, 5) is 6.40. The Balaban J connectivity index is 1.86. The van der Waals surface area contributed by atoms with Crippen molar-refractivity contribution in [1.82, 2.24) is 0 Å². The van der Waals surface area contributed by atoms with E-state index in [0.29, 0.717) is 6.61 Å². The summed E-state index contributed by atoms with van der Waals surface area (Å²) in [7, 11) is 1.74. The van der Waals surface area contributed by atoms with Gasteiger partial charge in [0.15, 0.2) is 0 Å². The van der Waals surface area contributed by atoms with E-state index in [0.717, 1.165) is 24.9 Å². The molecule has 1 N–H and O–H groups in total. The third kappa shape index (κ3) is 5.95. The highest BCUT2D eigenvalue weighted by atomic mass is 16.7. The van der Waals surface area contributed by atoms with E-state index in [1.165, 1.54) is 11.1 Å². The Kier molecular flexibility index (Phi) is 7.03. The number of nitrogens with one attached hydrogen (secondary N) is 1. The van der Waals surface area contributed by atoms with E-state index in [1.807, 2.05) is 42.5 Å². The van der Waals surface area contributed by atoms with E-state index in [2.05, 4.69) is 54.0 Å². The maximum absolute atomic E-state index is 6.40. The Bertz CT molecular complexity index is 734. The van der Waals surface area contributed by atoms with E-state index in [1.54, 1.807) is 7.11 Å². The number of hydrogen-bond acceptors (Lipinski definition) is 3. The van der Waals surface area contributed by atoms with Crippen molar-refractivity contribution in [3.05, 3.63) is 102 Å². The van der Waals surface area contributed by atoms with Crippen molar-refractivity contribution in [1.29, 1.82) is 0 Å². The van der Waals surface area contributed by atoms with Crippen LogP contribution in [0.3, 0.4) is 0 Å². The fraction of sp³-hybridized carbons (Fsp3) is 0.250. The molecule has 3 rings (SSSR count). The first-order chi connectivity index (χ1) is 13.3. The number of hydrogen-bond donors (Lipinski definition) is 1. The van der Waals surface area contributed by atoms with E-state index in [-0.39, 0.29) is 0 Å². The summed E-state index contributed by atoms with van der Waals surface area (Å²) in [6.07, 6.45) is 2.38. The highest BCUT2D eigenvalue weighted by Gasteiger charge is 2.33. The quantitative estimate of drug-likeness (QED) is 0.498. The fourth-order valence-corrected chi connectivity index (χ4v) is 3.26. The van der Waals surface area contributed by atoms with Gasteiger partial charge in [-0.2, -0.15) is 0 Å². The lowest BCUT2D eigenvalue weighted by Gasteiger charge is -2.34. The number of rotatable bonds is 10. The summed E-state index contributed by atoms with van der Waals surface area (Å²) in [5.74, 6) is 0. The van der Waals surface area contributed by atoms with Crippen LogP contribution >= 0.6 is 0 Å². The van der Waals surface area contributed by atoms with Crippen LogP contribution in [-0.2, 0) is 22.4 Å². The zero-order valence-electron chi connectivity index (χ0n) is 15.8. The van der Waals surface area contributed by atoms with Gasteiger partial charge >= 0.3 is 0 Å². The van der Waals surface area contributed by atoms with E-state index in [4.69, 9.17) is 9.57 Å². The second-order valence-electron chi connectivity index (χ2n) is 6.82. The maximum Gasteiger partial charge on any atom is 0.106 e. The molecule has 3 heteroatoms. The normalized spacial score (nSPS) is 11.3. The zero-order valence-corrected chi connectivity index (χ0v) is 15.8. The van der Waals surface area contributed by atoms with Crippen molar-refractivity contribution in [2.75, 3.05) is 19.2 Å². The summed E-state index contributed by atoms with van der Waals surface area (Å²) in [6.45, 7) is 0.635.